The van der Waals surface area contributed by atoms with Crippen LogP contribution in [0.5, 0.6) is 0 Å². The molecule has 0 saturated heterocycles. The van der Waals surface area contributed by atoms with Crippen molar-refractivity contribution in [3.8, 4) is 0 Å². The number of anilines is 2. The van der Waals surface area contributed by atoms with Crippen molar-refractivity contribution < 1.29 is 9.50 Å². The summed E-state index contributed by atoms with van der Waals surface area (Å²) in [5.41, 5.74) is 1.95. The van der Waals surface area contributed by atoms with Crippen LogP contribution in [0.25, 0.3) is 0 Å². The molecule has 1 aliphatic rings. The predicted octanol–water partition coefficient (Wildman–Crippen LogP) is 4.06. The van der Waals surface area contributed by atoms with E-state index in [1.54, 1.807) is 12.1 Å². The van der Waals surface area contributed by atoms with Gasteiger partial charge in [-0.05, 0) is 42.5 Å². The Morgan fingerprint density at radius 3 is 2.67 bits per heavy atom. The molecule has 0 bridgehead atoms. The lowest BCUT2D eigenvalue weighted by Gasteiger charge is -2.31. The first-order chi connectivity index (χ1) is 9.85. The van der Waals surface area contributed by atoms with Crippen LogP contribution in [-0.2, 0) is 6.42 Å². The van der Waals surface area contributed by atoms with Crippen molar-refractivity contribution in [2.24, 2.45) is 5.41 Å². The molecule has 1 aromatic heterocycles. The van der Waals surface area contributed by atoms with Crippen molar-refractivity contribution in [3.05, 3.63) is 40.7 Å². The summed E-state index contributed by atoms with van der Waals surface area (Å²) < 4.78 is 13.0. The van der Waals surface area contributed by atoms with Crippen LogP contribution in [0.1, 0.15) is 36.9 Å². The fraction of sp³-hybridized carbons (Fsp3) is 0.438. The molecule has 0 spiro atoms. The summed E-state index contributed by atoms with van der Waals surface area (Å²) in [5, 5.41) is 11.1. The summed E-state index contributed by atoms with van der Waals surface area (Å²) in [6, 6.07) is 6.35. The number of benzene rings is 1. The number of aromatic nitrogens is 1. The number of hydrogen-bond donors (Lipinski definition) is 1. The molecule has 1 atom stereocenters. The largest absolute Gasteiger partial charge is 0.387 e. The Bertz CT molecular complexity index is 651. The quantitative estimate of drug-likeness (QED) is 0.909. The monoisotopic (exact) mass is 306 g/mol. The third-order valence-corrected chi connectivity index (χ3v) is 5.19. The van der Waals surface area contributed by atoms with Crippen LogP contribution in [0.2, 0.25) is 0 Å². The van der Waals surface area contributed by atoms with Crippen LogP contribution in [0.4, 0.5) is 15.2 Å². The van der Waals surface area contributed by atoms with Gasteiger partial charge in [-0.1, -0.05) is 25.2 Å². The summed E-state index contributed by atoms with van der Waals surface area (Å²) in [6.45, 7) is 4.31. The molecule has 5 heteroatoms. The summed E-state index contributed by atoms with van der Waals surface area (Å²) in [6.07, 6.45) is 1.21. The number of fused-ring (bicyclic) bond motifs is 1. The number of rotatable bonds is 2. The minimum absolute atomic E-state index is 0.0756. The summed E-state index contributed by atoms with van der Waals surface area (Å²) >= 11 is 1.52. The van der Waals surface area contributed by atoms with E-state index < -0.39 is 6.10 Å². The van der Waals surface area contributed by atoms with Crippen LogP contribution in [0, 0.1) is 11.2 Å². The molecule has 2 aromatic rings. The van der Waals surface area contributed by atoms with Gasteiger partial charge in [-0.15, -0.1) is 0 Å². The Hall–Kier alpha value is -1.46. The van der Waals surface area contributed by atoms with E-state index >= 15 is 0 Å². The van der Waals surface area contributed by atoms with E-state index in [0.717, 1.165) is 34.2 Å². The van der Waals surface area contributed by atoms with Crippen LogP contribution in [0.3, 0.4) is 0 Å². The fourth-order valence-electron chi connectivity index (χ4n) is 2.80. The highest BCUT2D eigenvalue weighted by Crippen LogP contribution is 2.45. The van der Waals surface area contributed by atoms with Crippen LogP contribution in [-0.4, -0.2) is 17.1 Å². The van der Waals surface area contributed by atoms with Gasteiger partial charge in [-0.3, -0.25) is 0 Å². The number of hydrogen-bond acceptors (Lipinski definition) is 4. The average molecular weight is 306 g/mol. The smallest absolute Gasteiger partial charge is 0.190 e. The zero-order valence-corrected chi connectivity index (χ0v) is 13.2. The molecule has 0 aliphatic heterocycles. The number of aliphatic hydroxyl groups is 1. The number of nitrogens with zero attached hydrogens (tertiary/aromatic N) is 2. The zero-order valence-electron chi connectivity index (χ0n) is 12.4. The van der Waals surface area contributed by atoms with Crippen LogP contribution < -0.4 is 4.90 Å². The molecule has 3 nitrogen and oxygen atoms in total. The van der Waals surface area contributed by atoms with Crippen LogP contribution in [0.15, 0.2) is 24.3 Å². The summed E-state index contributed by atoms with van der Waals surface area (Å²) in [7, 11) is 1.91. The van der Waals surface area contributed by atoms with E-state index in [2.05, 4.69) is 18.8 Å². The van der Waals surface area contributed by atoms with Crippen molar-refractivity contribution in [1.82, 2.24) is 4.98 Å². The molecule has 1 aliphatic carbocycles. The first-order valence-electron chi connectivity index (χ1n) is 7.03. The van der Waals surface area contributed by atoms with Gasteiger partial charge >= 0.3 is 0 Å². The molecular weight excluding hydrogens is 287 g/mol. The maximum absolute atomic E-state index is 13.0. The molecule has 1 aromatic carbocycles. The fourth-order valence-corrected chi connectivity index (χ4v) is 3.85. The average Bonchev–Trinajstić information content (AvgIpc) is 2.81. The highest BCUT2D eigenvalue weighted by atomic mass is 32.1. The SMILES string of the molecule is CN(c1ccc(F)cc1)c1nc2c(s1)C(O)CC(C)(C)C2. The Kier molecular flexibility index (Phi) is 3.50. The number of halogens is 1. The number of thiazole rings is 1. The molecule has 0 fully saturated rings. The van der Waals surface area contributed by atoms with Gasteiger partial charge in [0.15, 0.2) is 5.13 Å². The van der Waals surface area contributed by atoms with Crippen molar-refractivity contribution in [2.45, 2.75) is 32.8 Å². The van der Waals surface area contributed by atoms with Crippen molar-refractivity contribution in [3.63, 3.8) is 0 Å². The maximum atomic E-state index is 13.0. The lowest BCUT2D eigenvalue weighted by molar-refractivity contribution is 0.102. The molecule has 1 unspecified atom stereocenters. The second-order valence-corrected chi connectivity index (χ2v) is 7.41. The summed E-state index contributed by atoms with van der Waals surface area (Å²) in [5.74, 6) is -0.247. The Morgan fingerprint density at radius 2 is 2.00 bits per heavy atom. The molecule has 3 rings (SSSR count). The first-order valence-corrected chi connectivity index (χ1v) is 7.84. The van der Waals surface area contributed by atoms with Gasteiger partial charge in [-0.25, -0.2) is 9.37 Å². The van der Waals surface area contributed by atoms with Gasteiger partial charge in [0, 0.05) is 12.7 Å². The second kappa shape index (κ2) is 5.07. The second-order valence-electron chi connectivity index (χ2n) is 6.40. The lowest BCUT2D eigenvalue weighted by Crippen LogP contribution is -2.24. The third kappa shape index (κ3) is 2.80. The minimum atomic E-state index is -0.434. The predicted molar refractivity (Wildman–Crippen MR) is 83.6 cm³/mol. The molecule has 0 amide bonds. The standard InChI is InChI=1S/C16H19FN2OS/c1-16(2)8-12-14(13(20)9-16)21-15(18-12)19(3)11-6-4-10(17)5-7-11/h4-7,13,20H,8-9H2,1-3H3. The van der Waals surface area contributed by atoms with Gasteiger partial charge in [-0.2, -0.15) is 0 Å². The van der Waals surface area contributed by atoms with E-state index in [0.29, 0.717) is 0 Å². The Labute approximate surface area is 128 Å². The van der Waals surface area contributed by atoms with E-state index in [1.807, 2.05) is 11.9 Å². The Balaban J connectivity index is 1.92. The number of aliphatic hydroxyl groups excluding tert-OH is 1. The van der Waals surface area contributed by atoms with Gasteiger partial charge < -0.3 is 10.0 Å². The lowest BCUT2D eigenvalue weighted by atomic mass is 9.77. The molecule has 0 saturated carbocycles. The van der Waals surface area contributed by atoms with E-state index in [-0.39, 0.29) is 11.2 Å². The minimum Gasteiger partial charge on any atom is -0.387 e. The highest BCUT2D eigenvalue weighted by Gasteiger charge is 2.34. The highest BCUT2D eigenvalue weighted by molar-refractivity contribution is 7.15. The maximum Gasteiger partial charge on any atom is 0.190 e. The van der Waals surface area contributed by atoms with Gasteiger partial charge in [0.2, 0.25) is 0 Å². The van der Waals surface area contributed by atoms with Crippen molar-refractivity contribution in [1.29, 1.82) is 0 Å². The molecule has 1 heterocycles. The first kappa shape index (κ1) is 14.5. The van der Waals surface area contributed by atoms with Gasteiger partial charge in [0.05, 0.1) is 16.7 Å². The van der Waals surface area contributed by atoms with E-state index in [4.69, 9.17) is 0 Å². The molecular formula is C16H19FN2OS. The normalized spacial score (nSPS) is 20.1. The molecule has 112 valence electrons. The van der Waals surface area contributed by atoms with E-state index in [9.17, 15) is 9.50 Å². The van der Waals surface area contributed by atoms with Crippen LogP contribution >= 0.6 is 11.3 Å². The van der Waals surface area contributed by atoms with Gasteiger partial charge in [0.25, 0.3) is 0 Å². The Morgan fingerprint density at radius 1 is 1.33 bits per heavy atom. The topological polar surface area (TPSA) is 36.4 Å². The van der Waals surface area contributed by atoms with Gasteiger partial charge in [0.1, 0.15) is 5.82 Å². The molecule has 0 radical (unpaired) electrons. The zero-order chi connectivity index (χ0) is 15.2. The van der Waals surface area contributed by atoms with E-state index in [1.165, 1.54) is 23.5 Å². The molecule has 1 N–H and O–H groups in total. The molecule has 21 heavy (non-hydrogen) atoms. The summed E-state index contributed by atoms with van der Waals surface area (Å²) in [4.78, 5) is 7.59. The van der Waals surface area contributed by atoms with Crippen molar-refractivity contribution in [2.75, 3.05) is 11.9 Å². The third-order valence-electron chi connectivity index (χ3n) is 3.91. The van der Waals surface area contributed by atoms with Crippen molar-refractivity contribution >= 4 is 22.2 Å².